The van der Waals surface area contributed by atoms with E-state index in [2.05, 4.69) is 20.3 Å². The van der Waals surface area contributed by atoms with E-state index in [1.165, 1.54) is 11.8 Å². The zero-order chi connectivity index (χ0) is 20.1. The van der Waals surface area contributed by atoms with Gasteiger partial charge in [-0.1, -0.05) is 12.1 Å². The number of benzene rings is 2. The third-order valence-electron chi connectivity index (χ3n) is 4.13. The van der Waals surface area contributed by atoms with Gasteiger partial charge in [-0.3, -0.25) is 9.78 Å². The van der Waals surface area contributed by atoms with Gasteiger partial charge in [-0.15, -0.1) is 0 Å². The Labute approximate surface area is 172 Å². The van der Waals surface area contributed by atoms with E-state index in [1.54, 1.807) is 36.7 Å². The molecule has 2 aromatic carbocycles. The van der Waals surface area contributed by atoms with Gasteiger partial charge in [0.1, 0.15) is 5.75 Å². The summed E-state index contributed by atoms with van der Waals surface area (Å²) in [5.41, 5.74) is 2.38. The van der Waals surface area contributed by atoms with Crippen LogP contribution in [0.2, 0.25) is 0 Å². The number of thioether (sulfide) groups is 1. The van der Waals surface area contributed by atoms with Crippen LogP contribution in [0.3, 0.4) is 0 Å². The first-order chi connectivity index (χ1) is 14.2. The average molecular weight is 402 g/mol. The van der Waals surface area contributed by atoms with Gasteiger partial charge in [0.25, 0.3) is 0 Å². The molecular formula is C22H18N4O2S. The molecule has 0 saturated carbocycles. The molecule has 29 heavy (non-hydrogen) atoms. The van der Waals surface area contributed by atoms with Crippen molar-refractivity contribution in [1.29, 1.82) is 0 Å². The SMILES string of the molecule is CSCC(=O)Nc1ccc(Oc2nc(-c3ccncc3)nc3ccccc23)cc1. The molecule has 0 radical (unpaired) electrons. The van der Waals surface area contributed by atoms with Gasteiger partial charge in [-0.2, -0.15) is 16.7 Å². The molecule has 0 fully saturated rings. The fraction of sp³-hybridized carbons (Fsp3) is 0.0909. The van der Waals surface area contributed by atoms with E-state index in [0.717, 1.165) is 22.2 Å². The largest absolute Gasteiger partial charge is 0.438 e. The van der Waals surface area contributed by atoms with Crippen molar-refractivity contribution in [3.8, 4) is 23.0 Å². The van der Waals surface area contributed by atoms with Crippen LogP contribution in [0, 0.1) is 0 Å². The van der Waals surface area contributed by atoms with Gasteiger partial charge < -0.3 is 10.1 Å². The van der Waals surface area contributed by atoms with Crippen LogP contribution in [0.25, 0.3) is 22.3 Å². The number of anilines is 1. The zero-order valence-corrected chi connectivity index (χ0v) is 16.5. The third kappa shape index (κ3) is 4.52. The van der Waals surface area contributed by atoms with Crippen molar-refractivity contribution >= 4 is 34.3 Å². The number of ether oxygens (including phenoxy) is 1. The molecule has 1 N–H and O–H groups in total. The van der Waals surface area contributed by atoms with Crippen LogP contribution in [0.1, 0.15) is 0 Å². The molecule has 7 heteroatoms. The van der Waals surface area contributed by atoms with Crippen LogP contribution < -0.4 is 10.1 Å². The molecule has 0 atom stereocenters. The number of hydrogen-bond donors (Lipinski definition) is 1. The second-order valence-corrected chi connectivity index (χ2v) is 7.08. The Morgan fingerprint density at radius 2 is 1.76 bits per heavy atom. The molecule has 2 heterocycles. The molecule has 0 aliphatic heterocycles. The van der Waals surface area contributed by atoms with Crippen LogP contribution in [0.15, 0.2) is 73.1 Å². The van der Waals surface area contributed by atoms with Crippen LogP contribution >= 0.6 is 11.8 Å². The average Bonchev–Trinajstić information content (AvgIpc) is 2.76. The zero-order valence-electron chi connectivity index (χ0n) is 15.7. The molecular weight excluding hydrogens is 384 g/mol. The summed E-state index contributed by atoms with van der Waals surface area (Å²) >= 11 is 1.48. The number of para-hydroxylation sites is 1. The van der Waals surface area contributed by atoms with E-state index in [-0.39, 0.29) is 5.91 Å². The first-order valence-corrected chi connectivity index (χ1v) is 10.4. The summed E-state index contributed by atoms with van der Waals surface area (Å²) in [5, 5.41) is 3.67. The lowest BCUT2D eigenvalue weighted by molar-refractivity contribution is -0.113. The van der Waals surface area contributed by atoms with E-state index in [0.29, 0.717) is 23.2 Å². The van der Waals surface area contributed by atoms with Crippen molar-refractivity contribution in [1.82, 2.24) is 15.0 Å². The Bertz CT molecular complexity index is 1130. The summed E-state index contributed by atoms with van der Waals surface area (Å²) in [5.74, 6) is 2.05. The highest BCUT2D eigenvalue weighted by Gasteiger charge is 2.11. The molecule has 0 aliphatic rings. The van der Waals surface area contributed by atoms with E-state index in [1.807, 2.05) is 42.7 Å². The quantitative estimate of drug-likeness (QED) is 0.500. The van der Waals surface area contributed by atoms with E-state index in [4.69, 9.17) is 4.74 Å². The maximum Gasteiger partial charge on any atom is 0.234 e. The van der Waals surface area contributed by atoms with Crippen molar-refractivity contribution in [2.24, 2.45) is 0 Å². The molecule has 2 aromatic heterocycles. The van der Waals surface area contributed by atoms with Gasteiger partial charge in [0.2, 0.25) is 11.8 Å². The predicted octanol–water partition coefficient (Wildman–Crippen LogP) is 4.79. The molecule has 0 spiro atoms. The van der Waals surface area contributed by atoms with Gasteiger partial charge in [0.05, 0.1) is 16.7 Å². The topological polar surface area (TPSA) is 77.0 Å². The number of carbonyl (C=O) groups excluding carboxylic acids is 1. The molecule has 0 unspecified atom stereocenters. The molecule has 0 aliphatic carbocycles. The molecule has 6 nitrogen and oxygen atoms in total. The van der Waals surface area contributed by atoms with Crippen LogP contribution in [-0.2, 0) is 4.79 Å². The minimum Gasteiger partial charge on any atom is -0.438 e. The van der Waals surface area contributed by atoms with Gasteiger partial charge in [0, 0.05) is 23.6 Å². The Hall–Kier alpha value is -3.45. The minimum atomic E-state index is -0.0324. The van der Waals surface area contributed by atoms with Crippen molar-refractivity contribution in [3.05, 3.63) is 73.1 Å². The molecule has 1 amide bonds. The molecule has 4 rings (SSSR count). The summed E-state index contributed by atoms with van der Waals surface area (Å²) in [6.45, 7) is 0. The number of fused-ring (bicyclic) bond motifs is 1. The smallest absolute Gasteiger partial charge is 0.234 e. The Kier molecular flexibility index (Phi) is 5.67. The Balaban J connectivity index is 1.64. The van der Waals surface area contributed by atoms with Crippen molar-refractivity contribution in [2.75, 3.05) is 17.3 Å². The number of pyridine rings is 1. The predicted molar refractivity (Wildman–Crippen MR) is 116 cm³/mol. The van der Waals surface area contributed by atoms with Crippen LogP contribution in [0.4, 0.5) is 5.69 Å². The lowest BCUT2D eigenvalue weighted by Gasteiger charge is -2.11. The summed E-state index contributed by atoms with van der Waals surface area (Å²) in [6.07, 6.45) is 5.31. The molecule has 0 bridgehead atoms. The number of nitrogens with one attached hydrogen (secondary N) is 1. The summed E-state index contributed by atoms with van der Waals surface area (Å²) in [7, 11) is 0. The second-order valence-electron chi connectivity index (χ2n) is 6.21. The molecule has 144 valence electrons. The van der Waals surface area contributed by atoms with E-state index < -0.39 is 0 Å². The number of aromatic nitrogens is 3. The normalized spacial score (nSPS) is 10.7. The molecule has 4 aromatic rings. The van der Waals surface area contributed by atoms with Crippen LogP contribution in [-0.4, -0.2) is 32.9 Å². The summed E-state index contributed by atoms with van der Waals surface area (Å²) in [4.78, 5) is 25.0. The maximum absolute atomic E-state index is 11.7. The summed E-state index contributed by atoms with van der Waals surface area (Å²) in [6, 6.07) is 18.7. The standard InChI is InChI=1S/C22H18N4O2S/c1-29-14-20(27)24-16-6-8-17(9-7-16)28-22-18-4-2-3-5-19(18)25-21(26-22)15-10-12-23-13-11-15/h2-13H,14H2,1H3,(H,24,27). The number of rotatable bonds is 6. The number of hydrogen-bond acceptors (Lipinski definition) is 6. The maximum atomic E-state index is 11.7. The highest BCUT2D eigenvalue weighted by molar-refractivity contribution is 7.99. The fourth-order valence-corrected chi connectivity index (χ4v) is 3.14. The monoisotopic (exact) mass is 402 g/mol. The van der Waals surface area contributed by atoms with Gasteiger partial charge in [-0.25, -0.2) is 4.98 Å². The minimum absolute atomic E-state index is 0.0324. The second kappa shape index (κ2) is 8.70. The Morgan fingerprint density at radius 3 is 2.52 bits per heavy atom. The Morgan fingerprint density at radius 1 is 1.00 bits per heavy atom. The number of nitrogens with zero attached hydrogens (tertiary/aromatic N) is 3. The van der Waals surface area contributed by atoms with Crippen molar-refractivity contribution in [2.45, 2.75) is 0 Å². The van der Waals surface area contributed by atoms with Crippen LogP contribution in [0.5, 0.6) is 11.6 Å². The lowest BCUT2D eigenvalue weighted by atomic mass is 10.2. The first-order valence-electron chi connectivity index (χ1n) is 8.97. The third-order valence-corrected chi connectivity index (χ3v) is 4.69. The van der Waals surface area contributed by atoms with Crippen molar-refractivity contribution < 1.29 is 9.53 Å². The number of amides is 1. The van der Waals surface area contributed by atoms with E-state index >= 15 is 0 Å². The molecule has 0 saturated heterocycles. The number of carbonyl (C=O) groups is 1. The summed E-state index contributed by atoms with van der Waals surface area (Å²) < 4.78 is 6.08. The lowest BCUT2D eigenvalue weighted by Crippen LogP contribution is -2.13. The van der Waals surface area contributed by atoms with Gasteiger partial charge in [-0.05, 0) is 54.8 Å². The highest BCUT2D eigenvalue weighted by atomic mass is 32.2. The first kappa shape index (κ1) is 18.9. The van der Waals surface area contributed by atoms with Gasteiger partial charge >= 0.3 is 0 Å². The van der Waals surface area contributed by atoms with Gasteiger partial charge in [0.15, 0.2) is 5.82 Å². The van der Waals surface area contributed by atoms with E-state index in [9.17, 15) is 4.79 Å². The highest BCUT2D eigenvalue weighted by Crippen LogP contribution is 2.30. The van der Waals surface area contributed by atoms with Crippen molar-refractivity contribution in [3.63, 3.8) is 0 Å². The fourth-order valence-electron chi connectivity index (χ4n) is 2.80.